The van der Waals surface area contributed by atoms with Crippen molar-refractivity contribution < 1.29 is 9.53 Å². The predicted octanol–water partition coefficient (Wildman–Crippen LogP) is 3.74. The highest BCUT2D eigenvalue weighted by molar-refractivity contribution is 6.34. The molecule has 0 radical (unpaired) electrons. The summed E-state index contributed by atoms with van der Waals surface area (Å²) in [6, 6.07) is 5.51. The lowest BCUT2D eigenvalue weighted by molar-refractivity contribution is 0.0364. The van der Waals surface area contributed by atoms with Crippen molar-refractivity contribution in [3.63, 3.8) is 0 Å². The van der Waals surface area contributed by atoms with E-state index in [1.54, 1.807) is 6.07 Å². The van der Waals surface area contributed by atoms with Gasteiger partial charge in [-0.1, -0.05) is 37.1 Å². The number of fused-ring (bicyclic) bond motifs is 1. The molecule has 0 N–H and O–H groups in total. The molecule has 0 amide bonds. The minimum absolute atomic E-state index is 0.0915. The second-order valence-corrected chi connectivity index (χ2v) is 4.15. The van der Waals surface area contributed by atoms with Gasteiger partial charge >= 0.3 is 5.97 Å². The molecule has 0 saturated carbocycles. The van der Waals surface area contributed by atoms with Gasteiger partial charge in [-0.25, -0.2) is 4.79 Å². The van der Waals surface area contributed by atoms with Crippen LogP contribution in [0.25, 0.3) is 0 Å². The van der Waals surface area contributed by atoms with E-state index in [1.165, 1.54) is 0 Å². The van der Waals surface area contributed by atoms with E-state index in [4.69, 9.17) is 16.3 Å². The van der Waals surface area contributed by atoms with Gasteiger partial charge in [-0.15, -0.1) is 0 Å². The number of ether oxygens (including phenoxy) is 1. The molecule has 1 heterocycles. The van der Waals surface area contributed by atoms with Gasteiger partial charge in [0.25, 0.3) is 0 Å². The zero-order valence-corrected chi connectivity index (χ0v) is 9.38. The summed E-state index contributed by atoms with van der Waals surface area (Å²) in [7, 11) is 0. The van der Waals surface area contributed by atoms with Gasteiger partial charge in [-0.2, -0.15) is 0 Å². The van der Waals surface area contributed by atoms with Crippen LogP contribution in [-0.4, -0.2) is 5.97 Å². The predicted molar refractivity (Wildman–Crippen MR) is 59.1 cm³/mol. The third-order valence-electron chi connectivity index (χ3n) is 2.67. The normalized spacial score (nSPS) is 18.8. The number of hydrogen-bond acceptors (Lipinski definition) is 2. The Bertz CT molecular complexity index is 387. The molecule has 1 atom stereocenters. The van der Waals surface area contributed by atoms with E-state index in [1.807, 2.05) is 12.1 Å². The van der Waals surface area contributed by atoms with Crippen LogP contribution < -0.4 is 0 Å². The monoisotopic (exact) mass is 224 g/mol. The van der Waals surface area contributed by atoms with Gasteiger partial charge in [-0.3, -0.25) is 0 Å². The summed E-state index contributed by atoms with van der Waals surface area (Å²) in [6.45, 7) is 2.12. The molecular formula is C12H13ClO2. The first-order valence-electron chi connectivity index (χ1n) is 5.23. The van der Waals surface area contributed by atoms with Crippen LogP contribution in [0.15, 0.2) is 18.2 Å². The molecule has 2 rings (SSSR count). The van der Waals surface area contributed by atoms with Crippen LogP contribution in [0.1, 0.15) is 48.2 Å². The molecule has 1 aromatic rings. The minimum Gasteiger partial charge on any atom is -0.454 e. The number of unbranched alkanes of at least 4 members (excludes halogenated alkanes) is 1. The van der Waals surface area contributed by atoms with Gasteiger partial charge in [0.2, 0.25) is 0 Å². The average Bonchev–Trinajstić information content (AvgIpc) is 2.54. The summed E-state index contributed by atoms with van der Waals surface area (Å²) in [5.41, 5.74) is 1.50. The summed E-state index contributed by atoms with van der Waals surface area (Å²) >= 11 is 5.96. The number of cyclic esters (lactones) is 1. The Morgan fingerprint density at radius 3 is 3.00 bits per heavy atom. The molecule has 0 aromatic heterocycles. The van der Waals surface area contributed by atoms with Gasteiger partial charge < -0.3 is 4.74 Å². The molecule has 3 heteroatoms. The Kier molecular flexibility index (Phi) is 2.96. The van der Waals surface area contributed by atoms with Crippen molar-refractivity contribution >= 4 is 17.6 Å². The Labute approximate surface area is 94.2 Å². The molecule has 0 spiro atoms. The van der Waals surface area contributed by atoms with Crippen LogP contribution in [-0.2, 0) is 4.74 Å². The van der Waals surface area contributed by atoms with Crippen LogP contribution in [0.2, 0.25) is 5.02 Å². The number of carbonyl (C=O) groups excluding carboxylic acids is 1. The molecule has 1 aliphatic rings. The summed E-state index contributed by atoms with van der Waals surface area (Å²) in [6.07, 6.45) is 2.95. The maximum atomic E-state index is 11.6. The van der Waals surface area contributed by atoms with Crippen molar-refractivity contribution in [1.29, 1.82) is 0 Å². The van der Waals surface area contributed by atoms with E-state index >= 15 is 0 Å². The van der Waals surface area contributed by atoms with Crippen LogP contribution in [0.5, 0.6) is 0 Å². The lowest BCUT2D eigenvalue weighted by Gasteiger charge is -2.09. The Hall–Kier alpha value is -1.02. The Morgan fingerprint density at radius 2 is 2.27 bits per heavy atom. The summed E-state index contributed by atoms with van der Waals surface area (Å²) in [4.78, 5) is 11.6. The van der Waals surface area contributed by atoms with Crippen molar-refractivity contribution in [3.8, 4) is 0 Å². The van der Waals surface area contributed by atoms with Crippen LogP contribution in [0.4, 0.5) is 0 Å². The number of carbonyl (C=O) groups is 1. The molecular weight excluding hydrogens is 212 g/mol. The van der Waals surface area contributed by atoms with Crippen molar-refractivity contribution in [1.82, 2.24) is 0 Å². The molecule has 1 aromatic carbocycles. The molecule has 0 aliphatic carbocycles. The summed E-state index contributed by atoms with van der Waals surface area (Å²) in [5, 5.41) is 0.497. The molecule has 0 saturated heterocycles. The van der Waals surface area contributed by atoms with E-state index in [2.05, 4.69) is 6.92 Å². The second kappa shape index (κ2) is 4.23. The standard InChI is InChI=1S/C12H13ClO2/c1-2-3-7-10-8-5-4-6-9(13)11(8)12(14)15-10/h4-6,10H,2-3,7H2,1H3. The van der Waals surface area contributed by atoms with E-state index < -0.39 is 0 Å². The fourth-order valence-electron chi connectivity index (χ4n) is 1.88. The Morgan fingerprint density at radius 1 is 1.47 bits per heavy atom. The summed E-state index contributed by atoms with van der Waals surface area (Å²) < 4.78 is 5.29. The number of esters is 1. The number of benzene rings is 1. The maximum absolute atomic E-state index is 11.6. The average molecular weight is 225 g/mol. The number of rotatable bonds is 3. The highest BCUT2D eigenvalue weighted by Crippen LogP contribution is 2.37. The third kappa shape index (κ3) is 1.86. The third-order valence-corrected chi connectivity index (χ3v) is 2.98. The fraction of sp³-hybridized carbons (Fsp3) is 0.417. The highest BCUT2D eigenvalue weighted by atomic mass is 35.5. The van der Waals surface area contributed by atoms with E-state index in [-0.39, 0.29) is 12.1 Å². The van der Waals surface area contributed by atoms with Gasteiger partial charge in [-0.05, 0) is 18.9 Å². The largest absolute Gasteiger partial charge is 0.454 e. The lowest BCUT2D eigenvalue weighted by Crippen LogP contribution is -1.98. The first-order chi connectivity index (χ1) is 7.24. The zero-order chi connectivity index (χ0) is 10.8. The first kappa shape index (κ1) is 10.5. The minimum atomic E-state index is -0.281. The van der Waals surface area contributed by atoms with Crippen molar-refractivity contribution in [3.05, 3.63) is 34.3 Å². The smallest absolute Gasteiger partial charge is 0.340 e. The lowest BCUT2D eigenvalue weighted by atomic mass is 10.0. The first-order valence-corrected chi connectivity index (χ1v) is 5.61. The molecule has 80 valence electrons. The zero-order valence-electron chi connectivity index (χ0n) is 8.63. The summed E-state index contributed by atoms with van der Waals surface area (Å²) in [5.74, 6) is -0.281. The van der Waals surface area contributed by atoms with Crippen molar-refractivity contribution in [2.75, 3.05) is 0 Å². The molecule has 2 nitrogen and oxygen atoms in total. The molecule has 15 heavy (non-hydrogen) atoms. The number of hydrogen-bond donors (Lipinski definition) is 0. The van der Waals surface area contributed by atoms with Crippen molar-refractivity contribution in [2.24, 2.45) is 0 Å². The van der Waals surface area contributed by atoms with E-state index in [0.29, 0.717) is 10.6 Å². The molecule has 0 bridgehead atoms. The van der Waals surface area contributed by atoms with Crippen LogP contribution >= 0.6 is 11.6 Å². The van der Waals surface area contributed by atoms with E-state index in [9.17, 15) is 4.79 Å². The fourth-order valence-corrected chi connectivity index (χ4v) is 2.14. The quantitative estimate of drug-likeness (QED) is 0.731. The van der Waals surface area contributed by atoms with Gasteiger partial charge in [0, 0.05) is 5.56 Å². The van der Waals surface area contributed by atoms with Crippen LogP contribution in [0, 0.1) is 0 Å². The number of halogens is 1. The second-order valence-electron chi connectivity index (χ2n) is 3.74. The molecule has 0 fully saturated rings. The maximum Gasteiger partial charge on any atom is 0.340 e. The van der Waals surface area contributed by atoms with Crippen LogP contribution in [0.3, 0.4) is 0 Å². The Balaban J connectivity index is 2.30. The van der Waals surface area contributed by atoms with Gasteiger partial charge in [0.05, 0.1) is 10.6 Å². The van der Waals surface area contributed by atoms with Crippen molar-refractivity contribution in [2.45, 2.75) is 32.3 Å². The SMILES string of the molecule is CCCCC1OC(=O)c2c(Cl)cccc21. The van der Waals surface area contributed by atoms with E-state index in [0.717, 1.165) is 24.8 Å². The van der Waals surface area contributed by atoms with Gasteiger partial charge in [0.1, 0.15) is 6.10 Å². The molecule has 1 unspecified atom stereocenters. The van der Waals surface area contributed by atoms with Gasteiger partial charge in [0.15, 0.2) is 0 Å². The molecule has 1 aliphatic heterocycles. The highest BCUT2D eigenvalue weighted by Gasteiger charge is 2.32. The topological polar surface area (TPSA) is 26.3 Å².